The predicted molar refractivity (Wildman–Crippen MR) is 57.0 cm³/mol. The van der Waals surface area contributed by atoms with Crippen molar-refractivity contribution in [2.45, 2.75) is 9.79 Å². The van der Waals surface area contributed by atoms with Crippen LogP contribution in [0.5, 0.6) is 0 Å². The summed E-state index contributed by atoms with van der Waals surface area (Å²) in [5.41, 5.74) is 12.1. The molecule has 0 aliphatic carbocycles. The summed E-state index contributed by atoms with van der Waals surface area (Å²) in [6.07, 6.45) is 0. The number of halogens is 1. The van der Waals surface area contributed by atoms with Crippen molar-refractivity contribution in [2.24, 2.45) is 0 Å². The molecule has 0 radical (unpaired) electrons. The van der Waals surface area contributed by atoms with Crippen LogP contribution in [-0.2, 0) is 0 Å². The molecule has 1 aromatic rings. The summed E-state index contributed by atoms with van der Waals surface area (Å²) in [6, 6.07) is 3.47. The maximum atomic E-state index is 5.53. The van der Waals surface area contributed by atoms with Gasteiger partial charge in [0.15, 0.2) is 0 Å². The first-order valence-electron chi connectivity index (χ1n) is 2.69. The molecule has 0 aliphatic rings. The van der Waals surface area contributed by atoms with Gasteiger partial charge in [0.25, 0.3) is 0 Å². The minimum absolute atomic E-state index is 0. The van der Waals surface area contributed by atoms with E-state index < -0.39 is 0 Å². The van der Waals surface area contributed by atoms with Gasteiger partial charge in [0.2, 0.25) is 0 Å². The van der Waals surface area contributed by atoms with Crippen molar-refractivity contribution < 1.29 is 0 Å². The van der Waals surface area contributed by atoms with Crippen LogP contribution in [0.1, 0.15) is 0 Å². The van der Waals surface area contributed by atoms with Crippen molar-refractivity contribution in [1.29, 1.82) is 0 Å². The van der Waals surface area contributed by atoms with Gasteiger partial charge in [0, 0.05) is 9.79 Å². The van der Waals surface area contributed by atoms with Gasteiger partial charge in [-0.3, -0.25) is 0 Å². The number of hydrogen-bond donors (Lipinski definition) is 4. The van der Waals surface area contributed by atoms with Gasteiger partial charge in [-0.05, 0) is 12.1 Å². The average molecular weight is 209 g/mol. The highest BCUT2D eigenvalue weighted by Crippen LogP contribution is 2.28. The van der Waals surface area contributed by atoms with Gasteiger partial charge in [0.05, 0.1) is 11.4 Å². The third kappa shape index (κ3) is 2.12. The molecule has 0 spiro atoms. The maximum absolute atomic E-state index is 5.53. The van der Waals surface area contributed by atoms with Gasteiger partial charge in [-0.25, -0.2) is 0 Å². The zero-order chi connectivity index (χ0) is 7.72. The first-order valence-corrected chi connectivity index (χ1v) is 3.58. The molecule has 0 aromatic heterocycles. The van der Waals surface area contributed by atoms with Crippen LogP contribution in [0.15, 0.2) is 21.9 Å². The lowest BCUT2D eigenvalue weighted by Gasteiger charge is -2.04. The molecule has 11 heavy (non-hydrogen) atoms. The minimum Gasteiger partial charge on any atom is -0.397 e. The third-order valence-corrected chi connectivity index (χ3v) is 2.26. The van der Waals surface area contributed by atoms with Gasteiger partial charge >= 0.3 is 0 Å². The third-order valence-electron chi connectivity index (χ3n) is 1.23. The predicted octanol–water partition coefficient (Wildman–Crippen LogP) is 1.85. The zero-order valence-electron chi connectivity index (χ0n) is 5.61. The van der Waals surface area contributed by atoms with Crippen molar-refractivity contribution in [1.82, 2.24) is 0 Å². The number of rotatable bonds is 0. The molecule has 0 atom stereocenters. The van der Waals surface area contributed by atoms with Crippen molar-refractivity contribution in [3.05, 3.63) is 12.1 Å². The number of anilines is 2. The quantitative estimate of drug-likeness (QED) is 0.389. The second-order valence-electron chi connectivity index (χ2n) is 1.94. The fraction of sp³-hybridized carbons (Fsp3) is 0. The highest BCUT2D eigenvalue weighted by atomic mass is 35.5. The summed E-state index contributed by atoms with van der Waals surface area (Å²) in [4.78, 5) is 1.39. The minimum atomic E-state index is 0. The molecule has 0 saturated heterocycles. The van der Waals surface area contributed by atoms with Gasteiger partial charge in [-0.1, -0.05) is 0 Å². The van der Waals surface area contributed by atoms with E-state index >= 15 is 0 Å². The smallest absolute Gasteiger partial charge is 0.0694 e. The number of nitrogens with two attached hydrogens (primary N) is 2. The molecule has 0 fully saturated rings. The lowest BCUT2D eigenvalue weighted by Crippen LogP contribution is -1.95. The molecule has 0 unspecified atom stereocenters. The Balaban J connectivity index is 0.000001000. The van der Waals surface area contributed by atoms with Gasteiger partial charge in [0.1, 0.15) is 0 Å². The molecule has 1 rings (SSSR count). The van der Waals surface area contributed by atoms with E-state index in [1.54, 1.807) is 12.1 Å². The highest BCUT2D eigenvalue weighted by Gasteiger charge is 2.00. The Morgan fingerprint density at radius 2 is 1.64 bits per heavy atom. The molecule has 2 nitrogen and oxygen atoms in total. The average Bonchev–Trinajstić information content (AvgIpc) is 1.93. The molecule has 5 heteroatoms. The fourth-order valence-corrected chi connectivity index (χ4v) is 1.01. The summed E-state index contributed by atoms with van der Waals surface area (Å²) in [5.74, 6) is 0. The van der Waals surface area contributed by atoms with Crippen LogP contribution < -0.4 is 11.5 Å². The molecule has 4 N–H and O–H groups in total. The zero-order valence-corrected chi connectivity index (χ0v) is 8.22. The summed E-state index contributed by atoms with van der Waals surface area (Å²) in [6.45, 7) is 0. The van der Waals surface area contributed by atoms with Crippen molar-refractivity contribution >= 4 is 49.0 Å². The Morgan fingerprint density at radius 3 is 2.09 bits per heavy atom. The van der Waals surface area contributed by atoms with E-state index in [2.05, 4.69) is 25.3 Å². The summed E-state index contributed by atoms with van der Waals surface area (Å²) in [5, 5.41) is 0. The van der Waals surface area contributed by atoms with Crippen LogP contribution in [-0.4, -0.2) is 0 Å². The van der Waals surface area contributed by atoms with Crippen LogP contribution in [0.25, 0.3) is 0 Å². The molecule has 62 valence electrons. The SMILES string of the molecule is Cl.Nc1ccc(S)c(S)c1N. The van der Waals surface area contributed by atoms with Gasteiger partial charge in [-0.2, -0.15) is 0 Å². The van der Waals surface area contributed by atoms with Crippen LogP contribution in [0.4, 0.5) is 11.4 Å². The Bertz CT molecular complexity index is 238. The molecular weight excluding hydrogens is 200 g/mol. The number of hydrogen-bond acceptors (Lipinski definition) is 4. The van der Waals surface area contributed by atoms with E-state index in [1.807, 2.05) is 0 Å². The highest BCUT2D eigenvalue weighted by molar-refractivity contribution is 7.83. The van der Waals surface area contributed by atoms with Crippen molar-refractivity contribution in [3.8, 4) is 0 Å². The molecule has 0 aliphatic heterocycles. The Labute approximate surface area is 82.6 Å². The molecule has 0 saturated carbocycles. The first-order chi connectivity index (χ1) is 4.63. The van der Waals surface area contributed by atoms with E-state index in [0.29, 0.717) is 16.3 Å². The Morgan fingerprint density at radius 1 is 1.09 bits per heavy atom. The normalized spacial score (nSPS) is 8.91. The molecular formula is C6H9ClN2S2. The first kappa shape index (κ1) is 10.8. The van der Waals surface area contributed by atoms with Crippen LogP contribution in [0, 0.1) is 0 Å². The second-order valence-corrected chi connectivity index (χ2v) is 2.87. The lowest BCUT2D eigenvalue weighted by molar-refractivity contribution is 1.28. The number of benzene rings is 1. The van der Waals surface area contributed by atoms with Crippen LogP contribution in [0.2, 0.25) is 0 Å². The van der Waals surface area contributed by atoms with E-state index in [1.165, 1.54) is 0 Å². The van der Waals surface area contributed by atoms with Crippen LogP contribution in [0.3, 0.4) is 0 Å². The Kier molecular flexibility index (Phi) is 3.92. The second kappa shape index (κ2) is 3.99. The molecule has 0 amide bonds. The van der Waals surface area contributed by atoms with Crippen LogP contribution >= 0.6 is 37.7 Å². The number of thiol groups is 2. The number of nitrogen functional groups attached to an aromatic ring is 2. The standard InChI is InChI=1S/C6H8N2S2.ClH/c7-3-1-2-4(9)6(10)5(3)8;/h1-2,9-10H,7-8H2;1H. The van der Waals surface area contributed by atoms with E-state index in [4.69, 9.17) is 11.5 Å². The van der Waals surface area contributed by atoms with Gasteiger partial charge in [-0.15, -0.1) is 37.7 Å². The van der Waals surface area contributed by atoms with Gasteiger partial charge < -0.3 is 11.5 Å². The topological polar surface area (TPSA) is 52.0 Å². The molecule has 1 aromatic carbocycles. The summed E-state index contributed by atoms with van der Waals surface area (Å²) >= 11 is 8.20. The lowest BCUT2D eigenvalue weighted by atomic mass is 10.3. The van der Waals surface area contributed by atoms with Crippen molar-refractivity contribution in [2.75, 3.05) is 11.5 Å². The monoisotopic (exact) mass is 208 g/mol. The van der Waals surface area contributed by atoms with Crippen molar-refractivity contribution in [3.63, 3.8) is 0 Å². The molecule has 0 bridgehead atoms. The Hall–Kier alpha value is -0.190. The summed E-state index contributed by atoms with van der Waals surface area (Å²) < 4.78 is 0. The summed E-state index contributed by atoms with van der Waals surface area (Å²) in [7, 11) is 0. The largest absolute Gasteiger partial charge is 0.397 e. The maximum Gasteiger partial charge on any atom is 0.0694 e. The van der Waals surface area contributed by atoms with E-state index in [9.17, 15) is 0 Å². The molecule has 0 heterocycles. The fourth-order valence-electron chi connectivity index (χ4n) is 0.612. The van der Waals surface area contributed by atoms with E-state index in [-0.39, 0.29) is 12.4 Å². The van der Waals surface area contributed by atoms with E-state index in [0.717, 1.165) is 4.90 Å².